The zero-order valence-corrected chi connectivity index (χ0v) is 17.8. The van der Waals surface area contributed by atoms with Gasteiger partial charge in [-0.3, -0.25) is 4.79 Å². The maximum atomic E-state index is 12.6. The lowest BCUT2D eigenvalue weighted by molar-refractivity contribution is -0.124. The van der Waals surface area contributed by atoms with E-state index < -0.39 is 5.63 Å². The minimum Gasteiger partial charge on any atom is -0.497 e. The first-order valence-corrected chi connectivity index (χ1v) is 10.3. The number of benzene rings is 1. The van der Waals surface area contributed by atoms with Gasteiger partial charge in [0, 0.05) is 18.0 Å². The van der Waals surface area contributed by atoms with Crippen LogP contribution in [0.5, 0.6) is 5.75 Å². The molecule has 1 heterocycles. The van der Waals surface area contributed by atoms with Crippen molar-refractivity contribution < 1.29 is 13.9 Å². The van der Waals surface area contributed by atoms with Crippen LogP contribution in [-0.4, -0.2) is 18.9 Å². The molecule has 1 N–H and O–H groups in total. The molecule has 0 unspecified atom stereocenters. The van der Waals surface area contributed by atoms with E-state index >= 15 is 0 Å². The predicted molar refractivity (Wildman–Crippen MR) is 116 cm³/mol. The van der Waals surface area contributed by atoms with Crippen molar-refractivity contribution in [1.29, 1.82) is 0 Å². The van der Waals surface area contributed by atoms with Crippen LogP contribution < -0.4 is 15.7 Å². The molecular weight excluding hydrogens is 413 g/mol. The van der Waals surface area contributed by atoms with Gasteiger partial charge in [-0.05, 0) is 56.2 Å². The van der Waals surface area contributed by atoms with Crippen LogP contribution in [0.4, 0.5) is 5.69 Å². The molecule has 1 aliphatic rings. The van der Waals surface area contributed by atoms with Crippen molar-refractivity contribution in [3.05, 3.63) is 63.2 Å². The smallest absolute Gasteiger partial charge is 0.346 e. The number of carbonyl (C=O) groups is 1. The molecule has 1 aromatic heterocycles. The Morgan fingerprint density at radius 3 is 2.62 bits per heavy atom. The number of hydrogen-bond donors (Lipinski definition) is 1. The SMILES string of the molecule is COc1ccc(N[C@H](/C=C(\Cl)c2c(Cl)cc(C)oc2=O)[C@H]2CCCCC2=O)cc1. The van der Waals surface area contributed by atoms with Crippen molar-refractivity contribution in [3.63, 3.8) is 0 Å². The van der Waals surface area contributed by atoms with Gasteiger partial charge in [-0.1, -0.05) is 29.6 Å². The molecule has 7 heteroatoms. The molecule has 0 aliphatic heterocycles. The van der Waals surface area contributed by atoms with Crippen molar-refractivity contribution in [1.82, 2.24) is 0 Å². The van der Waals surface area contributed by atoms with Gasteiger partial charge in [-0.25, -0.2) is 4.79 Å². The van der Waals surface area contributed by atoms with E-state index in [1.54, 1.807) is 26.2 Å². The number of ether oxygens (including phenoxy) is 1. The van der Waals surface area contributed by atoms with E-state index in [4.69, 9.17) is 32.4 Å². The summed E-state index contributed by atoms with van der Waals surface area (Å²) in [6.45, 7) is 1.64. The third-order valence-corrected chi connectivity index (χ3v) is 5.66. The highest BCUT2D eigenvalue weighted by Gasteiger charge is 2.30. The topological polar surface area (TPSA) is 68.5 Å². The Morgan fingerprint density at radius 2 is 2.00 bits per heavy atom. The van der Waals surface area contributed by atoms with Crippen LogP contribution in [-0.2, 0) is 4.79 Å². The zero-order chi connectivity index (χ0) is 21.0. The molecule has 3 rings (SSSR count). The first kappa shape index (κ1) is 21.5. The number of aryl methyl sites for hydroxylation is 1. The second-order valence-corrected chi connectivity index (χ2v) is 7.91. The van der Waals surface area contributed by atoms with Gasteiger partial charge in [-0.15, -0.1) is 0 Å². The highest BCUT2D eigenvalue weighted by atomic mass is 35.5. The molecule has 154 valence electrons. The Labute approximate surface area is 179 Å². The van der Waals surface area contributed by atoms with Gasteiger partial charge in [-0.2, -0.15) is 0 Å². The number of nitrogens with one attached hydrogen (secondary N) is 1. The van der Waals surface area contributed by atoms with Gasteiger partial charge < -0.3 is 14.5 Å². The third-order valence-electron chi connectivity index (χ3n) is 5.05. The molecule has 0 spiro atoms. The highest BCUT2D eigenvalue weighted by Crippen LogP contribution is 2.31. The van der Waals surface area contributed by atoms with Crippen LogP contribution in [0.25, 0.3) is 5.03 Å². The van der Waals surface area contributed by atoms with Crippen molar-refractivity contribution in [2.75, 3.05) is 12.4 Å². The predicted octanol–water partition coefficient (Wildman–Crippen LogP) is 5.43. The number of rotatable bonds is 6. The van der Waals surface area contributed by atoms with Crippen molar-refractivity contribution in [2.45, 2.75) is 38.6 Å². The molecule has 0 saturated heterocycles. The summed E-state index contributed by atoms with van der Waals surface area (Å²) < 4.78 is 10.3. The van der Waals surface area contributed by atoms with E-state index in [1.807, 2.05) is 24.3 Å². The van der Waals surface area contributed by atoms with Crippen LogP contribution >= 0.6 is 23.2 Å². The average molecular weight is 436 g/mol. The molecule has 5 nitrogen and oxygen atoms in total. The number of Topliss-reactive ketones (excluding diaryl/α,β-unsaturated/α-hetero) is 1. The summed E-state index contributed by atoms with van der Waals surface area (Å²) in [5.41, 5.74) is 0.315. The number of anilines is 1. The lowest BCUT2D eigenvalue weighted by atomic mass is 9.82. The number of methoxy groups -OCH3 is 1. The number of halogens is 2. The van der Waals surface area contributed by atoms with Crippen molar-refractivity contribution >= 4 is 39.7 Å². The first-order valence-electron chi connectivity index (χ1n) is 9.50. The highest BCUT2D eigenvalue weighted by molar-refractivity contribution is 6.50. The van der Waals surface area contributed by atoms with Crippen LogP contribution in [0.15, 0.2) is 45.6 Å². The minimum atomic E-state index is -0.602. The van der Waals surface area contributed by atoms with E-state index in [0.29, 0.717) is 12.2 Å². The van der Waals surface area contributed by atoms with Crippen molar-refractivity contribution in [3.8, 4) is 5.75 Å². The summed E-state index contributed by atoms with van der Waals surface area (Å²) in [5, 5.41) is 3.75. The first-order chi connectivity index (χ1) is 13.9. The summed E-state index contributed by atoms with van der Waals surface area (Å²) in [6, 6.07) is 8.56. The normalized spacial score (nSPS) is 18.4. The van der Waals surface area contributed by atoms with Gasteiger partial charge >= 0.3 is 5.63 Å². The van der Waals surface area contributed by atoms with Crippen LogP contribution in [0.2, 0.25) is 5.02 Å². The van der Waals surface area contributed by atoms with E-state index in [-0.39, 0.29) is 33.4 Å². The summed E-state index contributed by atoms with van der Waals surface area (Å²) in [5.74, 6) is 1.09. The molecule has 0 amide bonds. The van der Waals surface area contributed by atoms with E-state index in [2.05, 4.69) is 5.32 Å². The summed E-state index contributed by atoms with van der Waals surface area (Å²) >= 11 is 12.7. The largest absolute Gasteiger partial charge is 0.497 e. The van der Waals surface area contributed by atoms with Gasteiger partial charge in [0.15, 0.2) is 0 Å². The Hall–Kier alpha value is -2.24. The number of carbonyl (C=O) groups excluding carboxylic acids is 1. The maximum absolute atomic E-state index is 12.6. The zero-order valence-electron chi connectivity index (χ0n) is 16.3. The van der Waals surface area contributed by atoms with Crippen LogP contribution in [0, 0.1) is 12.8 Å². The third kappa shape index (κ3) is 5.22. The lowest BCUT2D eigenvalue weighted by Gasteiger charge is -2.29. The monoisotopic (exact) mass is 435 g/mol. The van der Waals surface area contributed by atoms with Gasteiger partial charge in [0.05, 0.1) is 28.8 Å². The van der Waals surface area contributed by atoms with Crippen LogP contribution in [0.1, 0.15) is 37.0 Å². The van der Waals surface area contributed by atoms with E-state index in [0.717, 1.165) is 30.7 Å². The Kier molecular flexibility index (Phi) is 7.04. The fourth-order valence-corrected chi connectivity index (χ4v) is 4.25. The molecule has 1 saturated carbocycles. The summed E-state index contributed by atoms with van der Waals surface area (Å²) in [6.07, 6.45) is 4.85. The standard InChI is InChI=1S/C22H23Cl2NO4/c1-13-11-17(23)21(22(27)29-13)18(24)12-19(16-5-3-4-6-20(16)26)25-14-7-9-15(28-2)10-8-14/h7-12,16,19,25H,3-6H2,1-2H3/b18-12-/t16-,19-/m1/s1. The lowest BCUT2D eigenvalue weighted by Crippen LogP contribution is -2.35. The Balaban J connectivity index is 1.96. The molecule has 1 aromatic carbocycles. The summed E-state index contributed by atoms with van der Waals surface area (Å²) in [4.78, 5) is 24.9. The maximum Gasteiger partial charge on any atom is 0.346 e. The second kappa shape index (κ2) is 9.51. The number of ketones is 1. The number of hydrogen-bond acceptors (Lipinski definition) is 5. The quantitative estimate of drug-likeness (QED) is 0.654. The van der Waals surface area contributed by atoms with E-state index in [9.17, 15) is 9.59 Å². The average Bonchev–Trinajstić information content (AvgIpc) is 2.67. The molecular formula is C22H23Cl2NO4. The molecule has 2 atom stereocenters. The van der Waals surface area contributed by atoms with Crippen LogP contribution in [0.3, 0.4) is 0 Å². The molecule has 1 aliphatic carbocycles. The molecule has 0 radical (unpaired) electrons. The second-order valence-electron chi connectivity index (χ2n) is 7.10. The Morgan fingerprint density at radius 1 is 1.28 bits per heavy atom. The minimum absolute atomic E-state index is 0.101. The Bertz CT molecular complexity index is 966. The van der Waals surface area contributed by atoms with Gasteiger partial charge in [0.1, 0.15) is 17.3 Å². The van der Waals surface area contributed by atoms with Crippen molar-refractivity contribution in [2.24, 2.45) is 5.92 Å². The fourth-order valence-electron chi connectivity index (χ4n) is 3.56. The summed E-state index contributed by atoms with van der Waals surface area (Å²) in [7, 11) is 1.60. The molecule has 1 fully saturated rings. The molecule has 29 heavy (non-hydrogen) atoms. The molecule has 2 aromatic rings. The van der Waals surface area contributed by atoms with Gasteiger partial charge in [0.25, 0.3) is 0 Å². The molecule has 0 bridgehead atoms. The van der Waals surface area contributed by atoms with Gasteiger partial charge in [0.2, 0.25) is 0 Å². The van der Waals surface area contributed by atoms with E-state index in [1.165, 1.54) is 0 Å². The fraction of sp³-hybridized carbons (Fsp3) is 0.364.